The lowest BCUT2D eigenvalue weighted by molar-refractivity contribution is -0.154. The van der Waals surface area contributed by atoms with E-state index in [1.165, 1.54) is 13.3 Å². The van der Waals surface area contributed by atoms with Crippen LogP contribution in [0.25, 0.3) is 0 Å². The third kappa shape index (κ3) is 6.95. The van der Waals surface area contributed by atoms with Crippen molar-refractivity contribution in [3.63, 3.8) is 0 Å². The van der Waals surface area contributed by atoms with Crippen molar-refractivity contribution in [3.05, 3.63) is 35.9 Å². The molecule has 0 radical (unpaired) electrons. The molecule has 1 aromatic rings. The van der Waals surface area contributed by atoms with Crippen molar-refractivity contribution in [1.29, 1.82) is 0 Å². The van der Waals surface area contributed by atoms with Gasteiger partial charge >= 0.3 is 12.0 Å². The van der Waals surface area contributed by atoms with Gasteiger partial charge in [-0.25, -0.2) is 4.79 Å². The summed E-state index contributed by atoms with van der Waals surface area (Å²) in [6, 6.07) is 9.17. The third-order valence-corrected chi connectivity index (χ3v) is 4.32. The number of aryl methyl sites for hydroxylation is 1. The van der Waals surface area contributed by atoms with Crippen LogP contribution >= 0.6 is 0 Å². The molecule has 1 aromatic carbocycles. The largest absolute Gasteiger partial charge is 0.453 e. The van der Waals surface area contributed by atoms with E-state index in [1.54, 1.807) is 0 Å². The highest BCUT2D eigenvalue weighted by atomic mass is 16.5. The number of hydrogen-bond donors (Lipinski definition) is 2. The molecule has 1 saturated carbocycles. The number of esters is 1. The van der Waals surface area contributed by atoms with Gasteiger partial charge in [0.15, 0.2) is 6.10 Å². The molecule has 1 atom stereocenters. The van der Waals surface area contributed by atoms with Gasteiger partial charge in [0.25, 0.3) is 5.91 Å². The molecule has 0 spiro atoms. The maximum Gasteiger partial charge on any atom is 0.321 e. The predicted molar refractivity (Wildman–Crippen MR) is 93.9 cm³/mol. The summed E-state index contributed by atoms with van der Waals surface area (Å²) in [6.07, 6.45) is 4.99. The van der Waals surface area contributed by atoms with Crippen molar-refractivity contribution in [2.45, 2.75) is 64.0 Å². The molecule has 136 valence electrons. The monoisotopic (exact) mass is 346 g/mol. The van der Waals surface area contributed by atoms with Gasteiger partial charge in [-0.1, -0.05) is 49.6 Å². The Morgan fingerprint density at radius 2 is 1.80 bits per heavy atom. The van der Waals surface area contributed by atoms with Crippen LogP contribution in [-0.2, 0) is 20.7 Å². The van der Waals surface area contributed by atoms with Gasteiger partial charge in [-0.05, 0) is 31.7 Å². The second-order valence-corrected chi connectivity index (χ2v) is 6.42. The van der Waals surface area contributed by atoms with Crippen molar-refractivity contribution in [2.24, 2.45) is 0 Å². The van der Waals surface area contributed by atoms with Gasteiger partial charge < -0.3 is 10.1 Å². The molecule has 6 heteroatoms. The lowest BCUT2D eigenvalue weighted by Gasteiger charge is -2.23. The Balaban J connectivity index is 1.68. The molecule has 0 aromatic heterocycles. The van der Waals surface area contributed by atoms with Crippen molar-refractivity contribution < 1.29 is 19.1 Å². The first kappa shape index (κ1) is 19.0. The Morgan fingerprint density at radius 3 is 2.48 bits per heavy atom. The molecule has 3 amide bonds. The second-order valence-electron chi connectivity index (χ2n) is 6.42. The van der Waals surface area contributed by atoms with Crippen LogP contribution in [0.1, 0.15) is 51.0 Å². The van der Waals surface area contributed by atoms with E-state index in [0.717, 1.165) is 31.2 Å². The Hall–Kier alpha value is -2.37. The summed E-state index contributed by atoms with van der Waals surface area (Å²) in [5.74, 6) is -1.07. The molecule has 2 N–H and O–H groups in total. The molecule has 0 unspecified atom stereocenters. The molecule has 25 heavy (non-hydrogen) atoms. The molecule has 0 saturated heterocycles. The Labute approximate surface area is 148 Å². The van der Waals surface area contributed by atoms with E-state index in [2.05, 4.69) is 10.6 Å². The molecule has 0 heterocycles. The van der Waals surface area contributed by atoms with Crippen molar-refractivity contribution >= 4 is 17.9 Å². The van der Waals surface area contributed by atoms with Gasteiger partial charge in [-0.2, -0.15) is 0 Å². The van der Waals surface area contributed by atoms with E-state index in [0.29, 0.717) is 6.42 Å². The zero-order valence-corrected chi connectivity index (χ0v) is 14.6. The first-order valence-corrected chi connectivity index (χ1v) is 8.89. The van der Waals surface area contributed by atoms with E-state index in [1.807, 2.05) is 30.3 Å². The smallest absolute Gasteiger partial charge is 0.321 e. The highest BCUT2D eigenvalue weighted by Gasteiger charge is 2.22. The molecule has 1 fully saturated rings. The van der Waals surface area contributed by atoms with E-state index < -0.39 is 24.0 Å². The van der Waals surface area contributed by atoms with Gasteiger partial charge in [0, 0.05) is 12.5 Å². The first-order valence-electron chi connectivity index (χ1n) is 8.89. The average molecular weight is 346 g/mol. The van der Waals surface area contributed by atoms with Gasteiger partial charge in [-0.15, -0.1) is 0 Å². The SMILES string of the molecule is C[C@H](OC(=O)CCc1ccccc1)C(=O)NC(=O)NC1CCCCC1. The highest BCUT2D eigenvalue weighted by molar-refractivity contribution is 5.97. The first-order chi connectivity index (χ1) is 12.0. The fraction of sp³-hybridized carbons (Fsp3) is 0.526. The summed E-state index contributed by atoms with van der Waals surface area (Å²) in [5.41, 5.74) is 1.03. The fourth-order valence-electron chi connectivity index (χ4n) is 2.88. The van der Waals surface area contributed by atoms with Crippen LogP contribution in [0.15, 0.2) is 30.3 Å². The maximum atomic E-state index is 12.0. The lowest BCUT2D eigenvalue weighted by atomic mass is 9.96. The van der Waals surface area contributed by atoms with E-state index in [9.17, 15) is 14.4 Å². The van der Waals surface area contributed by atoms with Crippen LogP contribution < -0.4 is 10.6 Å². The Bertz CT molecular complexity index is 582. The van der Waals surface area contributed by atoms with Crippen LogP contribution in [0.2, 0.25) is 0 Å². The van der Waals surface area contributed by atoms with Crippen LogP contribution in [-0.4, -0.2) is 30.1 Å². The van der Waals surface area contributed by atoms with E-state index in [4.69, 9.17) is 4.74 Å². The molecule has 0 bridgehead atoms. The number of rotatable bonds is 6. The number of imide groups is 1. The quantitative estimate of drug-likeness (QED) is 0.776. The molecule has 0 aliphatic heterocycles. The number of hydrogen-bond acceptors (Lipinski definition) is 4. The van der Waals surface area contributed by atoms with Gasteiger partial charge in [-0.3, -0.25) is 14.9 Å². The molecule has 2 rings (SSSR count). The number of amides is 3. The standard InChI is InChI=1S/C19H26N2O4/c1-14(25-17(22)13-12-15-8-4-2-5-9-15)18(23)21-19(24)20-16-10-6-3-7-11-16/h2,4-5,8-9,14,16H,3,6-7,10-13H2,1H3,(H2,20,21,23,24)/t14-/m0/s1. The lowest BCUT2D eigenvalue weighted by Crippen LogP contribution is -2.48. The van der Waals surface area contributed by atoms with E-state index in [-0.39, 0.29) is 12.5 Å². The van der Waals surface area contributed by atoms with E-state index >= 15 is 0 Å². The molecule has 1 aliphatic rings. The summed E-state index contributed by atoms with van der Waals surface area (Å²) in [7, 11) is 0. The zero-order chi connectivity index (χ0) is 18.1. The summed E-state index contributed by atoms with van der Waals surface area (Å²) >= 11 is 0. The normalized spacial score (nSPS) is 15.9. The highest BCUT2D eigenvalue weighted by Crippen LogP contribution is 2.17. The summed E-state index contributed by atoms with van der Waals surface area (Å²) < 4.78 is 5.09. The summed E-state index contributed by atoms with van der Waals surface area (Å²) in [5, 5.41) is 5.03. The zero-order valence-electron chi connectivity index (χ0n) is 14.6. The minimum atomic E-state index is -1.000. The average Bonchev–Trinajstić information content (AvgIpc) is 2.61. The van der Waals surface area contributed by atoms with Gasteiger partial charge in [0.2, 0.25) is 0 Å². The van der Waals surface area contributed by atoms with Crippen LogP contribution in [0.3, 0.4) is 0 Å². The number of carbonyl (C=O) groups excluding carboxylic acids is 3. The third-order valence-electron chi connectivity index (χ3n) is 4.32. The van der Waals surface area contributed by atoms with Gasteiger partial charge in [0.1, 0.15) is 0 Å². The fourth-order valence-corrected chi connectivity index (χ4v) is 2.88. The molecular formula is C19H26N2O4. The second kappa shape index (κ2) is 9.81. The topological polar surface area (TPSA) is 84.5 Å². The van der Waals surface area contributed by atoms with Crippen molar-refractivity contribution in [2.75, 3.05) is 0 Å². The number of ether oxygens (including phenoxy) is 1. The summed E-state index contributed by atoms with van der Waals surface area (Å²) in [6.45, 7) is 1.46. The number of nitrogens with one attached hydrogen (secondary N) is 2. The van der Waals surface area contributed by atoms with Crippen molar-refractivity contribution in [1.82, 2.24) is 10.6 Å². The minimum Gasteiger partial charge on any atom is -0.453 e. The van der Waals surface area contributed by atoms with Gasteiger partial charge in [0.05, 0.1) is 0 Å². The Morgan fingerprint density at radius 1 is 1.12 bits per heavy atom. The molecule has 1 aliphatic carbocycles. The number of benzene rings is 1. The predicted octanol–water partition coefficient (Wildman–Crippen LogP) is 2.71. The summed E-state index contributed by atoms with van der Waals surface area (Å²) in [4.78, 5) is 35.6. The van der Waals surface area contributed by atoms with Crippen molar-refractivity contribution in [3.8, 4) is 0 Å². The molecule has 6 nitrogen and oxygen atoms in total. The van der Waals surface area contributed by atoms with Crippen LogP contribution in [0, 0.1) is 0 Å². The maximum absolute atomic E-state index is 12.0. The minimum absolute atomic E-state index is 0.116. The van der Waals surface area contributed by atoms with Crippen LogP contribution in [0.4, 0.5) is 4.79 Å². The molecular weight excluding hydrogens is 320 g/mol. The number of carbonyl (C=O) groups is 3. The van der Waals surface area contributed by atoms with Crippen LogP contribution in [0.5, 0.6) is 0 Å². The number of urea groups is 1. The Kier molecular flexibility index (Phi) is 7.44.